The number of hydrogen-bond acceptors (Lipinski definition) is 15. The maximum absolute atomic E-state index is 13.2. The van der Waals surface area contributed by atoms with Crippen molar-refractivity contribution in [3.63, 3.8) is 0 Å². The van der Waals surface area contributed by atoms with Gasteiger partial charge in [-0.15, -0.1) is 0 Å². The van der Waals surface area contributed by atoms with Gasteiger partial charge in [-0.3, -0.25) is 14.4 Å². The third-order valence-corrected chi connectivity index (χ3v) is 8.22. The first-order valence-corrected chi connectivity index (χ1v) is 16.4. The fourth-order valence-electron chi connectivity index (χ4n) is 4.29. The summed E-state index contributed by atoms with van der Waals surface area (Å²) in [6.07, 6.45) is 0. The van der Waals surface area contributed by atoms with Crippen LogP contribution in [0.2, 0.25) is 0 Å². The van der Waals surface area contributed by atoms with Crippen molar-refractivity contribution in [2.24, 2.45) is 0 Å². The number of aromatic hydroxyl groups is 6. The van der Waals surface area contributed by atoms with Gasteiger partial charge in [-0.25, -0.2) is 14.4 Å². The molecule has 0 aromatic heterocycles. The van der Waals surface area contributed by atoms with Crippen molar-refractivity contribution in [2.45, 2.75) is 18.1 Å². The lowest BCUT2D eigenvalue weighted by Crippen LogP contribution is -2.52. The van der Waals surface area contributed by atoms with Crippen LogP contribution >= 0.6 is 47.8 Å². The second-order valence-corrected chi connectivity index (χ2v) is 13.2. The zero-order chi connectivity index (χ0) is 37.7. The van der Waals surface area contributed by atoms with E-state index >= 15 is 0 Å². The fourth-order valence-corrected chi connectivity index (χ4v) is 5.62. The van der Waals surface area contributed by atoms with E-state index in [0.29, 0.717) is 0 Å². The van der Waals surface area contributed by atoms with E-state index in [-0.39, 0.29) is 13.4 Å². The normalized spacial score (nSPS) is 18.2. The van der Waals surface area contributed by atoms with Crippen molar-refractivity contribution in [1.29, 1.82) is 0 Å². The molecule has 3 atom stereocenters. The van der Waals surface area contributed by atoms with Crippen LogP contribution in [0.25, 0.3) is 0 Å². The Balaban J connectivity index is 1.66. The van der Waals surface area contributed by atoms with Gasteiger partial charge in [-0.05, 0) is 36.4 Å². The molecular weight excluding hydrogens is 882 g/mol. The van der Waals surface area contributed by atoms with E-state index in [0.717, 1.165) is 36.4 Å². The molecule has 21 heteroatoms. The van der Waals surface area contributed by atoms with Crippen molar-refractivity contribution in [2.75, 3.05) is 19.8 Å². The maximum Gasteiger partial charge on any atom is 0.332 e. The third kappa shape index (κ3) is 9.29. The lowest BCUT2D eigenvalue weighted by molar-refractivity contribution is -0.160. The Bertz CT molecular complexity index is 1720. The number of carbonyl (C=O) groups is 6. The van der Waals surface area contributed by atoms with Crippen molar-refractivity contribution < 1.29 is 73.6 Å². The number of hydrogen-bond donors (Lipinski definition) is 9. The predicted octanol–water partition coefficient (Wildman–Crippen LogP) is 1.55. The molecule has 0 radical (unpaired) electrons. The van der Waals surface area contributed by atoms with E-state index < -0.39 is 125 Å². The standard InChI is InChI=1S/C30H24Br3N3O15/c31-10-1-13(22(40)19(37)4-10)25(43)34-16-7-49-29(47)18(36-27(45)15-3-12(33)6-21(39)24(15)42)9-51-30(48)17(8-50-28(16)46)35-26(44)14-2-11(32)5-20(38)23(14)41/h1-6,16-18,37-42H,7-9H2,(H,34,43)(H,35,44)(H,36,45)/t16-,17-,18-/m0/s1. The summed E-state index contributed by atoms with van der Waals surface area (Å²) in [5, 5.41) is 66.9. The molecule has 0 bridgehead atoms. The number of phenols is 6. The number of benzene rings is 3. The van der Waals surface area contributed by atoms with Crippen LogP contribution in [0, 0.1) is 0 Å². The highest BCUT2D eigenvalue weighted by Crippen LogP contribution is 2.34. The van der Waals surface area contributed by atoms with Crippen LogP contribution in [0.1, 0.15) is 31.1 Å². The second-order valence-electron chi connectivity index (χ2n) is 10.4. The van der Waals surface area contributed by atoms with Gasteiger partial charge in [0.05, 0.1) is 16.7 Å². The average Bonchev–Trinajstić information content (AvgIpc) is 3.06. The third-order valence-electron chi connectivity index (χ3n) is 6.84. The maximum atomic E-state index is 13.2. The molecule has 270 valence electrons. The van der Waals surface area contributed by atoms with Crippen LogP contribution in [-0.4, -0.2) is 104 Å². The van der Waals surface area contributed by atoms with Gasteiger partial charge in [-0.1, -0.05) is 47.8 Å². The Labute approximate surface area is 310 Å². The minimum Gasteiger partial charge on any atom is -0.504 e. The Morgan fingerprint density at radius 3 is 0.961 bits per heavy atom. The highest BCUT2D eigenvalue weighted by Gasteiger charge is 2.35. The van der Waals surface area contributed by atoms with Crippen LogP contribution in [-0.2, 0) is 28.6 Å². The molecule has 51 heavy (non-hydrogen) atoms. The summed E-state index contributed by atoms with van der Waals surface area (Å²) >= 11 is 9.14. The number of cyclic esters (lactones) is 3. The van der Waals surface area contributed by atoms with Crippen LogP contribution in [0.3, 0.4) is 0 Å². The highest BCUT2D eigenvalue weighted by atomic mass is 79.9. The quantitative estimate of drug-likeness (QED) is 0.0964. The number of ether oxygens (including phenoxy) is 3. The number of phenolic OH excluding ortho intramolecular Hbond substituents is 6. The molecule has 0 spiro atoms. The first-order valence-electron chi connectivity index (χ1n) is 14.0. The summed E-state index contributed by atoms with van der Waals surface area (Å²) in [5.74, 6) is -12.3. The van der Waals surface area contributed by atoms with Crippen LogP contribution < -0.4 is 16.0 Å². The molecule has 0 unspecified atom stereocenters. The number of nitrogens with one attached hydrogen (secondary N) is 3. The van der Waals surface area contributed by atoms with Crippen LogP contribution in [0.15, 0.2) is 49.8 Å². The average molecular weight is 906 g/mol. The van der Waals surface area contributed by atoms with E-state index in [1.165, 1.54) is 0 Å². The molecule has 9 N–H and O–H groups in total. The molecule has 0 saturated carbocycles. The first kappa shape index (κ1) is 38.5. The highest BCUT2D eigenvalue weighted by molar-refractivity contribution is 9.11. The lowest BCUT2D eigenvalue weighted by Gasteiger charge is -2.25. The van der Waals surface area contributed by atoms with Gasteiger partial charge in [0.15, 0.2) is 52.6 Å². The smallest absolute Gasteiger partial charge is 0.332 e. The fraction of sp³-hybridized carbons (Fsp3) is 0.200. The molecule has 4 rings (SSSR count). The topological polar surface area (TPSA) is 288 Å². The minimum absolute atomic E-state index is 0.154. The summed E-state index contributed by atoms with van der Waals surface area (Å²) in [6, 6.07) is 0.879. The largest absolute Gasteiger partial charge is 0.504 e. The minimum atomic E-state index is -1.87. The van der Waals surface area contributed by atoms with Gasteiger partial charge in [0.25, 0.3) is 17.7 Å². The molecule has 3 amide bonds. The van der Waals surface area contributed by atoms with Crippen LogP contribution in [0.5, 0.6) is 34.5 Å². The lowest BCUT2D eigenvalue weighted by atomic mass is 10.1. The Morgan fingerprint density at radius 1 is 0.490 bits per heavy atom. The molecule has 3 aromatic carbocycles. The SMILES string of the molecule is O=C(N[C@H]1COC(=O)[C@@H](NC(=O)c2cc(Br)cc(O)c2O)COC(=O)[C@@H](NC(=O)c2cc(Br)cc(O)c2O)COC1=O)c1cc(Br)cc(O)c1O. The summed E-state index contributed by atoms with van der Waals surface area (Å²) in [7, 11) is 0. The summed E-state index contributed by atoms with van der Waals surface area (Å²) in [6.45, 7) is -2.93. The molecule has 1 heterocycles. The van der Waals surface area contributed by atoms with Crippen LogP contribution in [0.4, 0.5) is 0 Å². The summed E-state index contributed by atoms with van der Waals surface area (Å²) < 4.78 is 15.9. The number of carbonyl (C=O) groups excluding carboxylic acids is 6. The molecular formula is C30H24Br3N3O15. The number of esters is 3. The van der Waals surface area contributed by atoms with E-state index in [4.69, 9.17) is 14.2 Å². The number of halogens is 3. The molecule has 1 fully saturated rings. The monoisotopic (exact) mass is 903 g/mol. The van der Waals surface area contributed by atoms with Gasteiger partial charge in [0.1, 0.15) is 19.8 Å². The van der Waals surface area contributed by atoms with Gasteiger partial charge < -0.3 is 60.8 Å². The number of amides is 3. The Kier molecular flexibility index (Phi) is 12.2. The van der Waals surface area contributed by atoms with Crippen molar-refractivity contribution >= 4 is 83.4 Å². The second kappa shape index (κ2) is 16.2. The number of rotatable bonds is 6. The molecule has 18 nitrogen and oxygen atoms in total. The Morgan fingerprint density at radius 2 is 0.725 bits per heavy atom. The molecule has 1 aliphatic rings. The molecule has 1 aliphatic heterocycles. The van der Waals surface area contributed by atoms with Gasteiger partial charge in [0.2, 0.25) is 0 Å². The van der Waals surface area contributed by atoms with Gasteiger partial charge >= 0.3 is 17.9 Å². The van der Waals surface area contributed by atoms with Crippen molar-refractivity contribution in [3.05, 3.63) is 66.5 Å². The van der Waals surface area contributed by atoms with E-state index in [2.05, 4.69) is 63.7 Å². The van der Waals surface area contributed by atoms with E-state index in [9.17, 15) is 59.4 Å². The summed E-state index contributed by atoms with van der Waals surface area (Å²) in [5.41, 5.74) is -1.58. The molecule has 3 aromatic rings. The van der Waals surface area contributed by atoms with E-state index in [1.54, 1.807) is 0 Å². The van der Waals surface area contributed by atoms with Gasteiger partial charge in [0, 0.05) is 13.4 Å². The molecule has 1 saturated heterocycles. The molecule has 0 aliphatic carbocycles. The zero-order valence-corrected chi connectivity index (χ0v) is 30.1. The Hall–Kier alpha value is -5.28. The predicted molar refractivity (Wildman–Crippen MR) is 179 cm³/mol. The van der Waals surface area contributed by atoms with Crippen molar-refractivity contribution in [1.82, 2.24) is 16.0 Å². The summed E-state index contributed by atoms with van der Waals surface area (Å²) in [4.78, 5) is 78.8. The first-order chi connectivity index (χ1) is 24.0. The van der Waals surface area contributed by atoms with E-state index in [1.807, 2.05) is 0 Å². The van der Waals surface area contributed by atoms with Gasteiger partial charge in [-0.2, -0.15) is 0 Å². The zero-order valence-electron chi connectivity index (χ0n) is 25.3. The van der Waals surface area contributed by atoms with Crippen molar-refractivity contribution in [3.8, 4) is 34.5 Å².